The van der Waals surface area contributed by atoms with E-state index in [2.05, 4.69) is 5.32 Å². The summed E-state index contributed by atoms with van der Waals surface area (Å²) >= 11 is 0. The maximum absolute atomic E-state index is 13.7. The zero-order chi connectivity index (χ0) is 27.9. The molecule has 4 saturated heterocycles. The van der Waals surface area contributed by atoms with Crippen LogP contribution in [0, 0.1) is 17.8 Å². The summed E-state index contributed by atoms with van der Waals surface area (Å²) in [5.74, 6) is -0.680. The zero-order valence-corrected chi connectivity index (χ0v) is 23.8. The highest BCUT2D eigenvalue weighted by molar-refractivity contribution is 5.84. The first-order valence-corrected chi connectivity index (χ1v) is 15.2. The van der Waals surface area contributed by atoms with Crippen LogP contribution in [0.25, 0.3) is 0 Å². The average Bonchev–Trinajstić information content (AvgIpc) is 3.57. The van der Waals surface area contributed by atoms with Crippen LogP contribution in [0.1, 0.15) is 85.0 Å². The molecule has 0 bridgehead atoms. The van der Waals surface area contributed by atoms with Gasteiger partial charge in [-0.2, -0.15) is 0 Å². The summed E-state index contributed by atoms with van der Waals surface area (Å²) in [4.78, 5) is 26.5. The summed E-state index contributed by atoms with van der Waals surface area (Å²) in [6, 6.07) is 0. The van der Waals surface area contributed by atoms with Gasteiger partial charge in [0.15, 0.2) is 5.60 Å². The van der Waals surface area contributed by atoms with Gasteiger partial charge < -0.3 is 34.5 Å². The van der Waals surface area contributed by atoms with Crippen molar-refractivity contribution in [1.29, 1.82) is 0 Å². The third-order valence-corrected chi connectivity index (χ3v) is 9.99. The Labute approximate surface area is 231 Å². The largest absolute Gasteiger partial charge is 0.457 e. The standard InChI is InChI=1S/C29H48N2O8/c1-16-12-19(33)25-21(36-16)15-20-18(26(25)34)14-23(28(2,3)38-20)37-27(35)29(9-4-5-11-32)22(39-29)7-6-17-8-10-31-24(30)13-17/h16-18,20-26,31-32,34H,4-15,30H2,1-3H3/p+1/t16?,17?,18?,20?,21?,22-,23-,24?,25?,26?,29-/m1/s1. The van der Waals surface area contributed by atoms with Crippen LogP contribution in [0.4, 0.5) is 0 Å². The van der Waals surface area contributed by atoms with Crippen LogP contribution in [0.3, 0.4) is 0 Å². The molecule has 1 aliphatic carbocycles. The van der Waals surface area contributed by atoms with Crippen LogP contribution >= 0.6 is 0 Å². The minimum Gasteiger partial charge on any atom is -0.457 e. The molecular formula is C29H49N2O8+. The number of piperidine rings is 1. The second-order valence-electron chi connectivity index (χ2n) is 13.3. The molecule has 0 aromatic rings. The number of fused-ring (bicyclic) bond motifs is 2. The molecule has 0 amide bonds. The first kappa shape index (κ1) is 29.4. The lowest BCUT2D eigenvalue weighted by Crippen LogP contribution is -2.94. The van der Waals surface area contributed by atoms with Gasteiger partial charge >= 0.3 is 5.97 Å². The van der Waals surface area contributed by atoms with E-state index in [-0.39, 0.29) is 54.9 Å². The molecule has 5 rings (SSSR count). The van der Waals surface area contributed by atoms with Gasteiger partial charge in [-0.3, -0.25) is 10.5 Å². The van der Waals surface area contributed by atoms with Crippen LogP contribution in [-0.4, -0.2) is 89.1 Å². The quantitative estimate of drug-likeness (QED) is 0.182. The van der Waals surface area contributed by atoms with Crippen molar-refractivity contribution in [2.75, 3.05) is 13.2 Å². The van der Waals surface area contributed by atoms with Gasteiger partial charge in [-0.15, -0.1) is 0 Å². The van der Waals surface area contributed by atoms with E-state index in [0.717, 1.165) is 32.2 Å². The fourth-order valence-electron chi connectivity index (χ4n) is 7.71. The van der Waals surface area contributed by atoms with Crippen molar-refractivity contribution in [2.45, 2.75) is 139 Å². The molecule has 5 aliphatic rings. The topological polar surface area (TPSA) is 157 Å². The highest BCUT2D eigenvalue weighted by atomic mass is 16.7. The van der Waals surface area contributed by atoms with E-state index in [9.17, 15) is 19.8 Å². The number of hydrogen-bond donors (Lipinski definition) is 4. The molecule has 4 heterocycles. The van der Waals surface area contributed by atoms with Gasteiger partial charge in [0.2, 0.25) is 0 Å². The summed E-state index contributed by atoms with van der Waals surface area (Å²) in [5, 5.41) is 22.8. The molecular weight excluding hydrogens is 504 g/mol. The lowest BCUT2D eigenvalue weighted by atomic mass is 9.67. The average molecular weight is 554 g/mol. The molecule has 0 spiro atoms. The van der Waals surface area contributed by atoms with E-state index < -0.39 is 29.3 Å². The number of nitrogens with two attached hydrogens (primary N) is 2. The van der Waals surface area contributed by atoms with Gasteiger partial charge in [0, 0.05) is 31.8 Å². The second kappa shape index (κ2) is 11.6. The Morgan fingerprint density at radius 1 is 1.15 bits per heavy atom. The predicted molar refractivity (Wildman–Crippen MR) is 140 cm³/mol. The molecule has 5 fully saturated rings. The fraction of sp³-hybridized carbons (Fsp3) is 0.931. The van der Waals surface area contributed by atoms with Gasteiger partial charge in [-0.25, -0.2) is 4.79 Å². The van der Waals surface area contributed by atoms with Crippen molar-refractivity contribution in [3.05, 3.63) is 0 Å². The van der Waals surface area contributed by atoms with Crippen LogP contribution in [0.2, 0.25) is 0 Å². The summed E-state index contributed by atoms with van der Waals surface area (Å²) < 4.78 is 24.8. The first-order chi connectivity index (χ1) is 18.5. The van der Waals surface area contributed by atoms with E-state index in [1.54, 1.807) is 0 Å². The number of aliphatic hydroxyl groups excluding tert-OH is 2. The number of epoxide rings is 1. The molecule has 10 heteroatoms. The third-order valence-electron chi connectivity index (χ3n) is 9.99. The molecule has 0 aromatic heterocycles. The van der Waals surface area contributed by atoms with Gasteiger partial charge in [0.25, 0.3) is 0 Å². The predicted octanol–water partition coefficient (Wildman–Crippen LogP) is 0.548. The summed E-state index contributed by atoms with van der Waals surface area (Å²) in [5.41, 5.74) is 4.37. The summed E-state index contributed by atoms with van der Waals surface area (Å²) in [6.45, 7) is 6.83. The number of quaternary nitrogens is 1. The lowest BCUT2D eigenvalue weighted by molar-refractivity contribution is -0.699. The summed E-state index contributed by atoms with van der Waals surface area (Å²) in [6.07, 6.45) is 4.58. The molecule has 0 radical (unpaired) electrons. The number of unbranched alkanes of at least 4 members (excludes halogenated alkanes) is 1. The monoisotopic (exact) mass is 553 g/mol. The van der Waals surface area contributed by atoms with Crippen molar-refractivity contribution in [1.82, 2.24) is 0 Å². The molecule has 0 aromatic carbocycles. The Hall–Kier alpha value is -1.14. The number of ketones is 1. The number of aliphatic hydroxyl groups is 2. The summed E-state index contributed by atoms with van der Waals surface area (Å²) in [7, 11) is 0. The lowest BCUT2D eigenvalue weighted by Gasteiger charge is -2.53. The Bertz CT molecular complexity index is 901. The number of ether oxygens (including phenoxy) is 4. The minimum atomic E-state index is -0.995. The second-order valence-corrected chi connectivity index (χ2v) is 13.3. The number of hydrogen-bond acceptors (Lipinski definition) is 9. The Balaban J connectivity index is 1.24. The van der Waals surface area contributed by atoms with Crippen molar-refractivity contribution in [2.24, 2.45) is 23.5 Å². The molecule has 11 atom stereocenters. The van der Waals surface area contributed by atoms with E-state index >= 15 is 0 Å². The van der Waals surface area contributed by atoms with E-state index in [1.165, 1.54) is 0 Å². The maximum Gasteiger partial charge on any atom is 0.341 e. The van der Waals surface area contributed by atoms with Gasteiger partial charge in [0.05, 0.1) is 48.6 Å². The van der Waals surface area contributed by atoms with Crippen molar-refractivity contribution in [3.63, 3.8) is 0 Å². The van der Waals surface area contributed by atoms with Gasteiger partial charge in [0.1, 0.15) is 18.1 Å². The molecule has 222 valence electrons. The normalized spacial score (nSPS) is 45.2. The van der Waals surface area contributed by atoms with E-state index in [1.807, 2.05) is 20.8 Å². The highest BCUT2D eigenvalue weighted by Gasteiger charge is 2.64. The number of rotatable bonds is 9. The molecule has 6 N–H and O–H groups in total. The first-order valence-electron chi connectivity index (χ1n) is 15.2. The molecule has 4 aliphatic heterocycles. The maximum atomic E-state index is 13.7. The third kappa shape index (κ3) is 6.08. The number of carbonyl (C=O) groups is 2. The van der Waals surface area contributed by atoms with Gasteiger partial charge in [-0.1, -0.05) is 0 Å². The number of carbonyl (C=O) groups excluding carboxylic acids is 2. The Morgan fingerprint density at radius 2 is 1.95 bits per heavy atom. The zero-order valence-electron chi connectivity index (χ0n) is 23.8. The van der Waals surface area contributed by atoms with Crippen LogP contribution < -0.4 is 11.1 Å². The van der Waals surface area contributed by atoms with E-state index in [4.69, 9.17) is 24.7 Å². The molecule has 10 nitrogen and oxygen atoms in total. The number of Topliss-reactive ketones (excluding diaryl/α,β-unsaturated/α-hetero) is 1. The number of esters is 1. The molecule has 39 heavy (non-hydrogen) atoms. The van der Waals surface area contributed by atoms with E-state index in [0.29, 0.717) is 44.4 Å². The van der Waals surface area contributed by atoms with Gasteiger partial charge in [-0.05, 0) is 71.6 Å². The molecule has 1 saturated carbocycles. The van der Waals surface area contributed by atoms with Crippen molar-refractivity contribution < 1.29 is 44.1 Å². The molecule has 8 unspecified atom stereocenters. The van der Waals surface area contributed by atoms with Crippen LogP contribution in [-0.2, 0) is 28.5 Å². The highest BCUT2D eigenvalue weighted by Crippen LogP contribution is 2.49. The van der Waals surface area contributed by atoms with Crippen LogP contribution in [0.5, 0.6) is 0 Å². The van der Waals surface area contributed by atoms with Crippen molar-refractivity contribution >= 4 is 11.8 Å². The minimum absolute atomic E-state index is 0.0388. The Morgan fingerprint density at radius 3 is 2.69 bits per heavy atom. The Kier molecular flexibility index (Phi) is 8.75. The van der Waals surface area contributed by atoms with Crippen LogP contribution in [0.15, 0.2) is 0 Å². The van der Waals surface area contributed by atoms with Crippen molar-refractivity contribution in [3.8, 4) is 0 Å². The smallest absolute Gasteiger partial charge is 0.341 e. The fourth-order valence-corrected chi connectivity index (χ4v) is 7.71. The SMILES string of the molecule is CC1CC(=O)C2C(CC3OC(C)(C)[C@H](OC(=O)[C@]4(CCCCO)O[C@@H]4CCC4CC[NH2+]C(N)C4)CC3C2O)O1.